The highest BCUT2D eigenvalue weighted by Gasteiger charge is 2.21. The number of nitrogen functional groups attached to an aromatic ring is 2. The van der Waals surface area contributed by atoms with E-state index in [1.54, 1.807) is 45.2 Å². The van der Waals surface area contributed by atoms with E-state index in [1.165, 1.54) is 0 Å². The molecular formula is C19H36N6O6. The van der Waals surface area contributed by atoms with Crippen molar-refractivity contribution in [3.8, 4) is 0 Å². The lowest BCUT2D eigenvalue weighted by atomic mass is 10.3. The van der Waals surface area contributed by atoms with E-state index >= 15 is 0 Å². The normalized spacial score (nSPS) is 10.2. The number of carbonyl (C=O) groups is 2. The summed E-state index contributed by atoms with van der Waals surface area (Å²) in [4.78, 5) is 34.0. The average molecular weight is 445 g/mol. The average Bonchev–Trinajstić information content (AvgIpc) is 2.76. The first-order chi connectivity index (χ1) is 14.9. The van der Waals surface area contributed by atoms with Crippen LogP contribution in [0.4, 0.5) is 11.6 Å². The van der Waals surface area contributed by atoms with Gasteiger partial charge in [-0.1, -0.05) is 0 Å². The summed E-state index contributed by atoms with van der Waals surface area (Å²) in [7, 11) is 6.35. The molecule has 0 aliphatic rings. The number of hydrogen-bond acceptors (Lipinski definition) is 10. The number of rotatable bonds is 14. The minimum Gasteiger partial charge on any atom is -0.383 e. The van der Waals surface area contributed by atoms with Crippen LogP contribution >= 0.6 is 0 Å². The number of aryl methyl sites for hydroxylation is 1. The van der Waals surface area contributed by atoms with Crippen molar-refractivity contribution >= 4 is 24.0 Å². The summed E-state index contributed by atoms with van der Waals surface area (Å²) in [5.41, 5.74) is 12.0. The molecule has 4 N–H and O–H groups in total. The molecular weight excluding hydrogens is 408 g/mol. The van der Waals surface area contributed by atoms with Gasteiger partial charge in [-0.3, -0.25) is 9.59 Å². The van der Waals surface area contributed by atoms with Gasteiger partial charge in [0.2, 0.25) is 6.41 Å². The minimum absolute atomic E-state index is 0.0558. The lowest BCUT2D eigenvalue weighted by Crippen LogP contribution is -2.37. The number of anilines is 2. The van der Waals surface area contributed by atoms with Gasteiger partial charge < -0.3 is 40.2 Å². The maximum atomic E-state index is 12.4. The molecule has 0 atom stereocenters. The van der Waals surface area contributed by atoms with Gasteiger partial charge in [0.05, 0.1) is 32.1 Å². The Kier molecular flexibility index (Phi) is 15.8. The molecule has 0 aliphatic heterocycles. The maximum absolute atomic E-state index is 12.4. The van der Waals surface area contributed by atoms with Crippen LogP contribution in [0.15, 0.2) is 0 Å². The van der Waals surface area contributed by atoms with Gasteiger partial charge in [0.25, 0.3) is 5.91 Å². The monoisotopic (exact) mass is 444 g/mol. The van der Waals surface area contributed by atoms with Crippen LogP contribution in [-0.2, 0) is 23.7 Å². The van der Waals surface area contributed by atoms with Crippen LogP contribution in [0, 0.1) is 6.92 Å². The molecule has 2 amide bonds. The molecule has 0 saturated carbocycles. The van der Waals surface area contributed by atoms with Gasteiger partial charge in [-0.05, 0) is 6.92 Å². The topological polar surface area (TPSA) is 155 Å². The highest BCUT2D eigenvalue weighted by molar-refractivity contribution is 5.96. The van der Waals surface area contributed by atoms with E-state index in [4.69, 9.17) is 30.4 Å². The fraction of sp³-hybridized carbons (Fsp3) is 0.684. The molecule has 0 unspecified atom stereocenters. The summed E-state index contributed by atoms with van der Waals surface area (Å²) in [6, 6.07) is 0. The number of amides is 2. The van der Waals surface area contributed by atoms with E-state index in [0.29, 0.717) is 58.3 Å². The Hall–Kier alpha value is -2.54. The van der Waals surface area contributed by atoms with Gasteiger partial charge in [-0.25, -0.2) is 9.97 Å². The third-order valence-corrected chi connectivity index (χ3v) is 4.07. The third kappa shape index (κ3) is 11.4. The van der Waals surface area contributed by atoms with Crippen LogP contribution in [0.1, 0.15) is 16.2 Å². The number of nitrogens with two attached hydrogens (primary N) is 2. The van der Waals surface area contributed by atoms with Gasteiger partial charge in [-0.15, -0.1) is 0 Å². The van der Waals surface area contributed by atoms with Crippen molar-refractivity contribution in [2.45, 2.75) is 6.92 Å². The van der Waals surface area contributed by atoms with Crippen LogP contribution in [0.25, 0.3) is 0 Å². The Morgan fingerprint density at radius 1 is 0.839 bits per heavy atom. The smallest absolute Gasteiger partial charge is 0.276 e. The number of carbonyl (C=O) groups excluding carboxylic acids is 2. The molecule has 178 valence electrons. The standard InChI is InChI=1S/C12H21N5O3.C7H15NO3/c1-8-10(13)16-9(11(14)15-8)12(18)17(4-6-19-2)5-7-20-3;1-10-5-3-8(7-9)4-6-11-2/h4-7H2,1-3H3,(H2,13,16)(H2,14,15);7H,3-6H2,1-2H3. The zero-order chi connectivity index (χ0) is 23.6. The third-order valence-electron chi connectivity index (χ3n) is 4.07. The van der Waals surface area contributed by atoms with Gasteiger partial charge in [0, 0.05) is 54.6 Å². The second-order valence-electron chi connectivity index (χ2n) is 6.33. The minimum atomic E-state index is -0.337. The van der Waals surface area contributed by atoms with Crippen molar-refractivity contribution in [2.75, 3.05) is 92.5 Å². The summed E-state index contributed by atoms with van der Waals surface area (Å²) in [5.74, 6) is -0.0710. The number of hydrogen-bond donors (Lipinski definition) is 2. The number of aromatic nitrogens is 2. The van der Waals surface area contributed by atoms with E-state index in [9.17, 15) is 9.59 Å². The summed E-state index contributed by atoms with van der Waals surface area (Å²) < 4.78 is 19.6. The Morgan fingerprint density at radius 2 is 1.29 bits per heavy atom. The van der Waals surface area contributed by atoms with E-state index in [2.05, 4.69) is 9.97 Å². The predicted molar refractivity (Wildman–Crippen MR) is 117 cm³/mol. The molecule has 0 bridgehead atoms. The zero-order valence-electron chi connectivity index (χ0n) is 19.1. The fourth-order valence-electron chi connectivity index (χ4n) is 2.21. The fourth-order valence-corrected chi connectivity index (χ4v) is 2.21. The van der Waals surface area contributed by atoms with Crippen molar-refractivity contribution in [3.05, 3.63) is 11.4 Å². The van der Waals surface area contributed by atoms with Crippen LogP contribution in [0.3, 0.4) is 0 Å². The Bertz CT molecular complexity index is 633. The lowest BCUT2D eigenvalue weighted by Gasteiger charge is -2.22. The highest BCUT2D eigenvalue weighted by Crippen LogP contribution is 2.14. The van der Waals surface area contributed by atoms with Crippen molar-refractivity contribution < 1.29 is 28.5 Å². The molecule has 1 aromatic rings. The van der Waals surface area contributed by atoms with Crippen molar-refractivity contribution in [3.63, 3.8) is 0 Å². The molecule has 31 heavy (non-hydrogen) atoms. The van der Waals surface area contributed by atoms with Crippen LogP contribution in [-0.4, -0.2) is 113 Å². The lowest BCUT2D eigenvalue weighted by molar-refractivity contribution is -0.119. The van der Waals surface area contributed by atoms with E-state index in [-0.39, 0.29) is 23.2 Å². The van der Waals surface area contributed by atoms with Crippen molar-refractivity contribution in [2.24, 2.45) is 0 Å². The zero-order valence-corrected chi connectivity index (χ0v) is 19.1. The van der Waals surface area contributed by atoms with Crippen LogP contribution in [0.2, 0.25) is 0 Å². The van der Waals surface area contributed by atoms with Crippen molar-refractivity contribution in [1.29, 1.82) is 0 Å². The summed E-state index contributed by atoms with van der Waals surface area (Å²) in [6.07, 6.45) is 0.804. The number of methoxy groups -OCH3 is 4. The first-order valence-corrected chi connectivity index (χ1v) is 9.70. The van der Waals surface area contributed by atoms with E-state index in [1.807, 2.05) is 0 Å². The second kappa shape index (κ2) is 17.2. The summed E-state index contributed by atoms with van der Waals surface area (Å²) in [5, 5.41) is 0. The first-order valence-electron chi connectivity index (χ1n) is 9.70. The Balaban J connectivity index is 0.000000695. The number of ether oxygens (including phenoxy) is 4. The van der Waals surface area contributed by atoms with Gasteiger partial charge >= 0.3 is 0 Å². The van der Waals surface area contributed by atoms with E-state index in [0.717, 1.165) is 6.41 Å². The highest BCUT2D eigenvalue weighted by atomic mass is 16.5. The molecule has 0 saturated heterocycles. The van der Waals surface area contributed by atoms with E-state index < -0.39 is 0 Å². The molecule has 1 heterocycles. The van der Waals surface area contributed by atoms with Gasteiger partial charge in [0.1, 0.15) is 5.82 Å². The molecule has 0 aliphatic carbocycles. The molecule has 12 heteroatoms. The maximum Gasteiger partial charge on any atom is 0.276 e. The molecule has 0 spiro atoms. The predicted octanol–water partition coefficient (Wildman–Crippen LogP) is -0.578. The second-order valence-corrected chi connectivity index (χ2v) is 6.33. The summed E-state index contributed by atoms with van der Waals surface area (Å²) >= 11 is 0. The Labute approximate surface area is 183 Å². The molecule has 0 radical (unpaired) electrons. The molecule has 0 fully saturated rings. The van der Waals surface area contributed by atoms with Crippen LogP contribution in [0.5, 0.6) is 0 Å². The molecule has 1 aromatic heterocycles. The van der Waals surface area contributed by atoms with Crippen LogP contribution < -0.4 is 11.5 Å². The number of nitrogens with zero attached hydrogens (tertiary/aromatic N) is 4. The quantitative estimate of drug-likeness (QED) is 0.356. The molecule has 1 rings (SSSR count). The molecule has 0 aromatic carbocycles. The largest absolute Gasteiger partial charge is 0.383 e. The van der Waals surface area contributed by atoms with Crippen molar-refractivity contribution in [1.82, 2.24) is 19.8 Å². The SMILES string of the molecule is COCCN(C=O)CCOC.COCCN(CCOC)C(=O)c1nc(N)c(C)nc1N. The van der Waals surface area contributed by atoms with Gasteiger partial charge in [0.15, 0.2) is 11.5 Å². The Morgan fingerprint density at radius 3 is 1.71 bits per heavy atom. The summed E-state index contributed by atoms with van der Waals surface area (Å²) in [6.45, 7) is 5.72. The van der Waals surface area contributed by atoms with Gasteiger partial charge in [-0.2, -0.15) is 0 Å². The first kappa shape index (κ1) is 28.5. The molecule has 12 nitrogen and oxygen atoms in total.